The number of urea groups is 1. The van der Waals surface area contributed by atoms with Gasteiger partial charge in [0.05, 0.1) is 11.1 Å². The van der Waals surface area contributed by atoms with Crippen LogP contribution in [0.5, 0.6) is 0 Å². The molecular formula is C25H23ClF2N4O6. The summed E-state index contributed by atoms with van der Waals surface area (Å²) in [7, 11) is 1.46. The van der Waals surface area contributed by atoms with Gasteiger partial charge in [-0.05, 0) is 41.3 Å². The van der Waals surface area contributed by atoms with Crippen LogP contribution in [-0.2, 0) is 20.8 Å². The number of halogens is 3. The van der Waals surface area contributed by atoms with E-state index in [-0.39, 0.29) is 37.0 Å². The number of cyclic esters (lactones) is 2. The Morgan fingerprint density at radius 3 is 2.82 bits per heavy atom. The zero-order valence-electron chi connectivity index (χ0n) is 20.1. The maximum atomic E-state index is 13.7. The number of ether oxygens (including phenoxy) is 3. The number of carbonyl (C=O) groups is 3. The quantitative estimate of drug-likeness (QED) is 0.386. The third-order valence-electron chi connectivity index (χ3n) is 5.84. The van der Waals surface area contributed by atoms with Gasteiger partial charge in [0.25, 0.3) is 0 Å². The molecular weight excluding hydrogens is 526 g/mol. The minimum Gasteiger partial charge on any atom is -0.447 e. The summed E-state index contributed by atoms with van der Waals surface area (Å²) in [6.45, 7) is -0.343. The van der Waals surface area contributed by atoms with Crippen LogP contribution in [0.15, 0.2) is 48.7 Å². The third kappa shape index (κ3) is 6.76. The van der Waals surface area contributed by atoms with Crippen LogP contribution in [0, 0.1) is 11.6 Å². The maximum Gasteiger partial charge on any atom is 0.508 e. The molecule has 38 heavy (non-hydrogen) atoms. The van der Waals surface area contributed by atoms with Crippen LogP contribution in [0.25, 0.3) is 10.8 Å². The number of carbonyl (C=O) groups excluding carboxylic acids is 3. The lowest BCUT2D eigenvalue weighted by atomic mass is 10.1. The van der Waals surface area contributed by atoms with Gasteiger partial charge in [0, 0.05) is 31.6 Å². The molecule has 1 fully saturated rings. The molecule has 2 atom stereocenters. The number of nitrogens with one attached hydrogen (secondary N) is 2. The Kier molecular flexibility index (Phi) is 8.41. The summed E-state index contributed by atoms with van der Waals surface area (Å²) in [5, 5.41) is 6.21. The van der Waals surface area contributed by atoms with Crippen molar-refractivity contribution in [3.05, 3.63) is 70.9 Å². The van der Waals surface area contributed by atoms with E-state index in [1.54, 1.807) is 12.1 Å². The second kappa shape index (κ2) is 11.9. The van der Waals surface area contributed by atoms with Gasteiger partial charge in [0.15, 0.2) is 0 Å². The number of anilines is 1. The fourth-order valence-electron chi connectivity index (χ4n) is 3.76. The van der Waals surface area contributed by atoms with Crippen LogP contribution in [0.3, 0.4) is 0 Å². The van der Waals surface area contributed by atoms with Crippen molar-refractivity contribution < 1.29 is 37.4 Å². The number of nitrogens with zero attached hydrogens (tertiary/aromatic N) is 2. The minimum atomic E-state index is -0.863. The van der Waals surface area contributed by atoms with E-state index in [0.29, 0.717) is 16.3 Å². The lowest BCUT2D eigenvalue weighted by molar-refractivity contribution is 0.0803. The van der Waals surface area contributed by atoms with Crippen LogP contribution >= 0.6 is 11.6 Å². The lowest BCUT2D eigenvalue weighted by Gasteiger charge is -2.29. The highest BCUT2D eigenvalue weighted by Crippen LogP contribution is 2.21. The van der Waals surface area contributed by atoms with Crippen LogP contribution in [0.1, 0.15) is 12.0 Å². The molecule has 10 nitrogen and oxygen atoms in total. The molecule has 0 spiro atoms. The third-order valence-corrected chi connectivity index (χ3v) is 6.26. The van der Waals surface area contributed by atoms with E-state index in [1.165, 1.54) is 48.5 Å². The van der Waals surface area contributed by atoms with E-state index in [2.05, 4.69) is 15.6 Å². The number of rotatable bonds is 8. The van der Waals surface area contributed by atoms with E-state index in [9.17, 15) is 23.2 Å². The van der Waals surface area contributed by atoms with Gasteiger partial charge in [-0.3, -0.25) is 5.32 Å². The molecule has 1 aliphatic heterocycles. The molecule has 1 aliphatic rings. The number of likely N-dealkylation sites (N-methyl/N-ethyl adjacent to an activating group) is 1. The second-order valence-corrected chi connectivity index (χ2v) is 8.84. The minimum absolute atomic E-state index is 0.0204. The number of fused-ring (bicyclic) bond motifs is 1. The Morgan fingerprint density at radius 2 is 2.05 bits per heavy atom. The molecule has 0 saturated carbocycles. The van der Waals surface area contributed by atoms with Crippen molar-refractivity contribution in [3.63, 3.8) is 0 Å². The van der Waals surface area contributed by atoms with Gasteiger partial charge < -0.3 is 24.4 Å². The van der Waals surface area contributed by atoms with E-state index in [1.807, 2.05) is 0 Å². The van der Waals surface area contributed by atoms with Gasteiger partial charge in [0.2, 0.25) is 0 Å². The zero-order valence-corrected chi connectivity index (χ0v) is 20.8. The number of hydrogen-bond acceptors (Lipinski definition) is 7. The Hall–Kier alpha value is -4.19. The van der Waals surface area contributed by atoms with Gasteiger partial charge in [-0.1, -0.05) is 23.7 Å². The number of amides is 3. The Balaban J connectivity index is 1.38. The van der Waals surface area contributed by atoms with E-state index in [4.69, 9.17) is 25.8 Å². The van der Waals surface area contributed by atoms with Crippen molar-refractivity contribution in [2.75, 3.05) is 25.6 Å². The van der Waals surface area contributed by atoms with Crippen LogP contribution in [0.2, 0.25) is 5.02 Å². The SMILES string of the molecule is CN(C(=O)NCc1cccc(F)c1Cl)[C@@H](COC(=O)Nc1cc2cc(F)ccc2cn1)C[C@H]1COC(=O)O1. The molecule has 4 rings (SSSR count). The number of hydrogen-bond donors (Lipinski definition) is 2. The molecule has 3 amide bonds. The molecule has 1 aromatic heterocycles. The normalized spacial score (nSPS) is 15.4. The van der Waals surface area contributed by atoms with Crippen LogP contribution in [-0.4, -0.2) is 60.6 Å². The summed E-state index contributed by atoms with van der Waals surface area (Å²) in [4.78, 5) is 42.0. The highest BCUT2D eigenvalue weighted by Gasteiger charge is 2.32. The van der Waals surface area contributed by atoms with E-state index in [0.717, 1.165) is 0 Å². The lowest BCUT2D eigenvalue weighted by Crippen LogP contribution is -2.47. The smallest absolute Gasteiger partial charge is 0.447 e. The average molecular weight is 549 g/mol. The summed E-state index contributed by atoms with van der Waals surface area (Å²) < 4.78 is 42.4. The van der Waals surface area contributed by atoms with Crippen molar-refractivity contribution >= 4 is 46.5 Å². The number of benzene rings is 2. The van der Waals surface area contributed by atoms with Crippen molar-refractivity contribution in [1.82, 2.24) is 15.2 Å². The second-order valence-electron chi connectivity index (χ2n) is 8.46. The molecule has 0 radical (unpaired) electrons. The van der Waals surface area contributed by atoms with Gasteiger partial charge >= 0.3 is 18.3 Å². The first-order chi connectivity index (χ1) is 18.2. The highest BCUT2D eigenvalue weighted by molar-refractivity contribution is 6.31. The van der Waals surface area contributed by atoms with Gasteiger partial charge in [0.1, 0.15) is 36.8 Å². The Morgan fingerprint density at radius 1 is 1.24 bits per heavy atom. The summed E-state index contributed by atoms with van der Waals surface area (Å²) in [5.41, 5.74) is 0.376. The molecule has 13 heteroatoms. The Labute approximate surface area is 220 Å². The van der Waals surface area contributed by atoms with Crippen molar-refractivity contribution in [3.8, 4) is 0 Å². The highest BCUT2D eigenvalue weighted by atomic mass is 35.5. The number of aromatic nitrogens is 1. The summed E-state index contributed by atoms with van der Waals surface area (Å²) in [5.74, 6) is -0.906. The predicted molar refractivity (Wildman–Crippen MR) is 133 cm³/mol. The molecule has 2 heterocycles. The first-order valence-corrected chi connectivity index (χ1v) is 11.8. The van der Waals surface area contributed by atoms with Crippen molar-refractivity contribution in [2.45, 2.75) is 25.1 Å². The zero-order chi connectivity index (χ0) is 27.2. The molecule has 3 aromatic rings. The summed E-state index contributed by atoms with van der Waals surface area (Å²) in [6, 6.07) is 8.60. The van der Waals surface area contributed by atoms with Gasteiger partial charge in [-0.25, -0.2) is 28.1 Å². The molecule has 2 aromatic carbocycles. The first-order valence-electron chi connectivity index (χ1n) is 11.5. The standard InChI is InChI=1S/C25H23ClF2N4O6/c1-32(23(33)30-11-15-3-2-4-20(28)22(15)26)18(9-19-13-37-25(35)38-19)12-36-24(34)31-21-8-16-7-17(27)6-5-14(16)10-29-21/h2-8,10,18-19H,9,11-13H2,1H3,(H,30,33)(H,29,31,34)/t18-,19+/m1/s1. The molecule has 200 valence electrons. The van der Waals surface area contributed by atoms with E-state index < -0.39 is 42.1 Å². The van der Waals surface area contributed by atoms with Crippen molar-refractivity contribution in [2.24, 2.45) is 0 Å². The van der Waals surface area contributed by atoms with Crippen LogP contribution < -0.4 is 10.6 Å². The molecule has 0 aliphatic carbocycles. The summed E-state index contributed by atoms with van der Waals surface area (Å²) in [6.07, 6.45) is -0.775. The van der Waals surface area contributed by atoms with Crippen molar-refractivity contribution in [1.29, 1.82) is 0 Å². The summed E-state index contributed by atoms with van der Waals surface area (Å²) >= 11 is 5.95. The molecule has 2 N–H and O–H groups in total. The maximum absolute atomic E-state index is 13.7. The number of pyridine rings is 1. The largest absolute Gasteiger partial charge is 0.508 e. The topological polar surface area (TPSA) is 119 Å². The monoisotopic (exact) mass is 548 g/mol. The van der Waals surface area contributed by atoms with Crippen LogP contribution in [0.4, 0.5) is 29.0 Å². The molecule has 1 saturated heterocycles. The molecule has 0 bridgehead atoms. The van der Waals surface area contributed by atoms with Gasteiger partial charge in [-0.2, -0.15) is 0 Å². The molecule has 0 unspecified atom stereocenters. The first kappa shape index (κ1) is 26.9. The fourth-order valence-corrected chi connectivity index (χ4v) is 3.95. The predicted octanol–water partition coefficient (Wildman–Crippen LogP) is 4.85. The average Bonchev–Trinajstić information content (AvgIpc) is 3.31. The fraction of sp³-hybridized carbons (Fsp3) is 0.280. The van der Waals surface area contributed by atoms with Gasteiger partial charge in [-0.15, -0.1) is 0 Å². The Bertz CT molecular complexity index is 1360. The van der Waals surface area contributed by atoms with E-state index >= 15 is 0 Å².